The van der Waals surface area contributed by atoms with Crippen LogP contribution in [0.25, 0.3) is 0 Å². The zero-order chi connectivity index (χ0) is 44.0. The van der Waals surface area contributed by atoms with Gasteiger partial charge < -0.3 is 0 Å². The molecule has 10 heteroatoms. The second-order valence-electron chi connectivity index (χ2n) is 14.5. The molecule has 60 heavy (non-hydrogen) atoms. The van der Waals surface area contributed by atoms with Gasteiger partial charge in [-0.3, -0.25) is 0 Å². The van der Waals surface area contributed by atoms with Crippen molar-refractivity contribution in [2.24, 2.45) is 0 Å². The Balaban J connectivity index is 0.000000200. The van der Waals surface area contributed by atoms with Crippen molar-refractivity contribution in [1.82, 2.24) is 0 Å². The van der Waals surface area contributed by atoms with Crippen LogP contribution >= 0.6 is 29.3 Å². The number of alkyl halides is 6. The first-order valence-corrected chi connectivity index (χ1v) is 25.5. The van der Waals surface area contributed by atoms with Crippen LogP contribution in [0.5, 0.6) is 0 Å². The predicted molar refractivity (Wildman–Crippen MR) is 246 cm³/mol. The molecule has 0 atom stereocenters. The molecule has 0 aliphatic heterocycles. The fraction of sp³-hybridized carbons (Fsp3) is 0.160. The van der Waals surface area contributed by atoms with Crippen LogP contribution in [0.3, 0.4) is 0 Å². The monoisotopic (exact) mass is 1010 g/mol. The molecule has 0 radical (unpaired) electrons. The second-order valence-corrected chi connectivity index (χ2v) is 19.4. The van der Waals surface area contributed by atoms with E-state index in [4.69, 9.17) is 0 Å². The van der Waals surface area contributed by atoms with E-state index >= 15 is 0 Å². The normalized spacial score (nSPS) is 11.2. The van der Waals surface area contributed by atoms with Crippen molar-refractivity contribution in [1.29, 1.82) is 0 Å². The summed E-state index contributed by atoms with van der Waals surface area (Å²) in [5, 5.41) is 8.69. The number of rotatable bonds is 6. The number of hydrogen-bond donors (Lipinski definition) is 0. The number of hydrogen-bond acceptors (Lipinski definition) is 0. The average Bonchev–Trinajstić information content (AvgIpc) is 3.23. The molecule has 0 aromatic heterocycles. The van der Waals surface area contributed by atoms with Gasteiger partial charge in [-0.2, -0.15) is 44.5 Å². The molecule has 7 aromatic rings. The first kappa shape index (κ1) is 48.8. The summed E-state index contributed by atoms with van der Waals surface area (Å²) in [5.41, 5.74) is 5.20. The molecular weight excluding hydrogens is 963 g/mol. The number of halogens is 7. The number of aryl methyl sites for hydroxylation is 6. The maximum absolute atomic E-state index is 12.0. The van der Waals surface area contributed by atoms with Crippen molar-refractivity contribution >= 4 is 61.1 Å². The van der Waals surface area contributed by atoms with Gasteiger partial charge in [0.15, 0.2) is 0 Å². The van der Waals surface area contributed by atoms with E-state index in [1.54, 1.807) is 6.07 Å². The fourth-order valence-electron chi connectivity index (χ4n) is 6.12. The third-order valence-corrected chi connectivity index (χ3v) is 14.9. The van der Waals surface area contributed by atoms with Crippen LogP contribution in [0.2, 0.25) is 0 Å². The Labute approximate surface area is 370 Å². The molecule has 0 bridgehead atoms. The molecule has 0 heterocycles. The van der Waals surface area contributed by atoms with Crippen LogP contribution in [0.1, 0.15) is 44.5 Å². The Morgan fingerprint density at radius 3 is 0.667 bits per heavy atom. The van der Waals surface area contributed by atoms with Crippen molar-refractivity contribution in [3.8, 4) is 0 Å². The summed E-state index contributed by atoms with van der Waals surface area (Å²) in [6.45, 7) is 12.9. The topological polar surface area (TPSA) is 0 Å². The molecular formula is C50H47BrF6P2Pd+2. The van der Waals surface area contributed by atoms with Crippen LogP contribution in [0.4, 0.5) is 26.3 Å². The molecule has 7 aromatic carbocycles. The van der Waals surface area contributed by atoms with E-state index in [1.165, 1.54) is 65.2 Å². The Hall–Kier alpha value is -3.88. The molecule has 0 unspecified atom stereocenters. The summed E-state index contributed by atoms with van der Waals surface area (Å²) < 4.78 is 71.8. The van der Waals surface area contributed by atoms with Gasteiger partial charge in [0, 0.05) is 0 Å². The minimum atomic E-state index is -4.78. The zero-order valence-electron chi connectivity index (χ0n) is 34.1. The summed E-state index contributed by atoms with van der Waals surface area (Å²) in [4.78, 5) is 0. The van der Waals surface area contributed by atoms with Crippen LogP contribution in [-0.4, -0.2) is 0 Å². The fourth-order valence-corrected chi connectivity index (χ4v) is 11.1. The molecule has 0 aliphatic carbocycles. The Bertz CT molecular complexity index is 1960. The van der Waals surface area contributed by atoms with Crippen molar-refractivity contribution < 1.29 is 43.5 Å². The summed E-state index contributed by atoms with van der Waals surface area (Å²) in [5.74, 6) is 0. The van der Waals surface area contributed by atoms with E-state index in [-0.39, 0.29) is 6.07 Å². The first-order valence-electron chi connectivity index (χ1n) is 18.9. The van der Waals surface area contributed by atoms with Gasteiger partial charge in [-0.1, -0.05) is 117 Å². The van der Waals surface area contributed by atoms with Crippen molar-refractivity contribution in [2.45, 2.75) is 53.9 Å². The van der Waals surface area contributed by atoms with Crippen LogP contribution in [0.15, 0.2) is 164 Å². The van der Waals surface area contributed by atoms with E-state index in [0.717, 1.165) is 0 Å². The van der Waals surface area contributed by atoms with Crippen LogP contribution < -0.4 is 31.8 Å². The van der Waals surface area contributed by atoms with E-state index < -0.39 is 39.3 Å². The maximum atomic E-state index is 12.0. The van der Waals surface area contributed by atoms with E-state index in [1.807, 2.05) is 0 Å². The van der Waals surface area contributed by atoms with Crippen molar-refractivity contribution in [3.63, 3.8) is 0 Å². The molecule has 7 rings (SSSR count). The number of benzene rings is 7. The van der Waals surface area contributed by atoms with E-state index in [9.17, 15) is 26.3 Å². The van der Waals surface area contributed by atoms with Crippen molar-refractivity contribution in [3.05, 3.63) is 214 Å². The third-order valence-electron chi connectivity index (χ3n) is 9.48. The van der Waals surface area contributed by atoms with Gasteiger partial charge in [0.25, 0.3) is 0 Å². The zero-order valence-corrected chi connectivity index (χ0v) is 39.2. The minimum absolute atomic E-state index is 0.0521. The Morgan fingerprint density at radius 1 is 0.350 bits per heavy atom. The van der Waals surface area contributed by atoms with E-state index in [0.29, 0.717) is 12.1 Å². The molecule has 314 valence electrons. The molecule has 0 saturated heterocycles. The average molecular weight is 1010 g/mol. The van der Waals surface area contributed by atoms with Crippen LogP contribution in [-0.2, 0) is 29.5 Å². The van der Waals surface area contributed by atoms with Gasteiger partial charge in [-0.25, -0.2) is 0 Å². The van der Waals surface area contributed by atoms with Crippen LogP contribution in [0, 0.1) is 47.6 Å². The Kier molecular flexibility index (Phi) is 18.6. The molecule has 0 aliphatic rings. The molecule has 0 nitrogen and oxygen atoms in total. The van der Waals surface area contributed by atoms with Crippen molar-refractivity contribution in [2.75, 3.05) is 0 Å². The molecule has 0 amide bonds. The standard InChI is InChI=1S/2C21H21P.C8H3F6.BrH.Pd/c2*1-16-4-10-19(11-5-16)22(20-12-6-17(2)7-13-20)21-14-8-18(3)9-15-21;9-7(10,11)5-2-1-3-6(4-5)8(12,13)14;;/h2*4-15H,1-3H3;2-4H;1H;/q;;-1;;+2/p+1. The van der Waals surface area contributed by atoms with Gasteiger partial charge in [0.1, 0.15) is 31.8 Å². The van der Waals surface area contributed by atoms with E-state index in [2.05, 4.69) is 218 Å². The van der Waals surface area contributed by atoms with Gasteiger partial charge in [-0.05, 0) is 114 Å². The summed E-state index contributed by atoms with van der Waals surface area (Å²) in [6, 6.07) is 57.0. The van der Waals surface area contributed by atoms with Gasteiger partial charge in [0.05, 0.1) is 15.8 Å². The molecule has 0 fully saturated rings. The molecule has 0 saturated carbocycles. The molecule has 0 N–H and O–H groups in total. The Morgan fingerprint density at radius 2 is 0.517 bits per heavy atom. The second kappa shape index (κ2) is 22.8. The first-order chi connectivity index (χ1) is 28.5. The summed E-state index contributed by atoms with van der Waals surface area (Å²) >= 11 is 5.35. The molecule has 0 spiro atoms. The third kappa shape index (κ3) is 14.6. The predicted octanol–water partition coefficient (Wildman–Crippen LogP) is 12.6. The summed E-state index contributed by atoms with van der Waals surface area (Å²) in [7, 11) is -1.85. The SMILES string of the molecule is Cc1ccc([PH+](c2ccc(C)cc2)c2ccc(C)cc2)cc1.Cc1ccc([PH+](c2ccc(C)cc2)c2ccc(C)cc2)cc1.FC(F)(F)c1c[c-]cc(C(F)(F)F)c1.[Br][Pd+]. The van der Waals surface area contributed by atoms with Gasteiger partial charge in [-0.15, -0.1) is 6.07 Å². The summed E-state index contributed by atoms with van der Waals surface area (Å²) in [6.07, 6.45) is -9.56. The van der Waals surface area contributed by atoms with Gasteiger partial charge in [0.2, 0.25) is 0 Å². The van der Waals surface area contributed by atoms with Gasteiger partial charge >= 0.3 is 43.0 Å². The quantitative estimate of drug-likeness (QED) is 0.0674.